The lowest BCUT2D eigenvalue weighted by Crippen LogP contribution is -2.31. The number of anilines is 2. The van der Waals surface area contributed by atoms with Gasteiger partial charge in [-0.2, -0.15) is 0 Å². The van der Waals surface area contributed by atoms with Crippen LogP contribution in [0.5, 0.6) is 23.0 Å². The molecule has 0 atom stereocenters. The molecular formula is C42H48F2N2O2. The Labute approximate surface area is 283 Å². The number of nitrogen functional groups attached to an aromatic ring is 2. The van der Waals surface area contributed by atoms with E-state index in [0.29, 0.717) is 11.8 Å². The van der Waals surface area contributed by atoms with E-state index >= 15 is 8.78 Å². The van der Waals surface area contributed by atoms with Crippen LogP contribution in [0.25, 0.3) is 0 Å². The number of hydrogen-bond acceptors (Lipinski definition) is 4. The summed E-state index contributed by atoms with van der Waals surface area (Å²) in [6.07, 6.45) is 17.3. The van der Waals surface area contributed by atoms with Gasteiger partial charge in [0.2, 0.25) is 0 Å². The van der Waals surface area contributed by atoms with Gasteiger partial charge in [0.05, 0.1) is 11.4 Å². The van der Waals surface area contributed by atoms with Crippen LogP contribution in [0.15, 0.2) is 72.8 Å². The first kappa shape index (κ1) is 32.5. The van der Waals surface area contributed by atoms with Crippen LogP contribution in [-0.2, 0) is 5.41 Å². The summed E-state index contributed by atoms with van der Waals surface area (Å²) in [6, 6.07) is 23.2. The van der Waals surface area contributed by atoms with Crippen molar-refractivity contribution in [2.75, 3.05) is 11.5 Å². The quantitative estimate of drug-likeness (QED) is 0.186. The van der Waals surface area contributed by atoms with Crippen molar-refractivity contribution in [2.24, 2.45) is 0 Å². The Kier molecular flexibility index (Phi) is 9.61. The molecule has 3 aliphatic carbocycles. The van der Waals surface area contributed by atoms with Crippen molar-refractivity contribution < 1.29 is 18.3 Å². The van der Waals surface area contributed by atoms with Crippen LogP contribution < -0.4 is 20.9 Å². The molecule has 0 aliphatic heterocycles. The van der Waals surface area contributed by atoms with Crippen molar-refractivity contribution in [3.63, 3.8) is 0 Å². The Hall–Kier alpha value is -4.06. The van der Waals surface area contributed by atoms with Crippen LogP contribution in [-0.4, -0.2) is 0 Å². The fourth-order valence-electron chi connectivity index (χ4n) is 8.69. The summed E-state index contributed by atoms with van der Waals surface area (Å²) >= 11 is 0. The zero-order valence-corrected chi connectivity index (χ0v) is 27.9. The lowest BCUT2D eigenvalue weighted by molar-refractivity contribution is 0.342. The maximum atomic E-state index is 15.0. The van der Waals surface area contributed by atoms with Crippen molar-refractivity contribution in [2.45, 2.75) is 114 Å². The average molecular weight is 651 g/mol. The van der Waals surface area contributed by atoms with Gasteiger partial charge in [0.15, 0.2) is 23.1 Å². The van der Waals surface area contributed by atoms with E-state index in [1.807, 2.05) is 0 Å². The first-order chi connectivity index (χ1) is 23.4. The topological polar surface area (TPSA) is 70.5 Å². The highest BCUT2D eigenvalue weighted by Crippen LogP contribution is 2.50. The molecule has 4 aromatic carbocycles. The van der Waals surface area contributed by atoms with Crippen molar-refractivity contribution in [3.8, 4) is 23.0 Å². The molecule has 252 valence electrons. The van der Waals surface area contributed by atoms with Crippen LogP contribution in [0.1, 0.15) is 130 Å². The Morgan fingerprint density at radius 1 is 0.500 bits per heavy atom. The molecule has 4 N–H and O–H groups in total. The average Bonchev–Trinajstić information content (AvgIpc) is 3.13. The molecule has 0 radical (unpaired) electrons. The van der Waals surface area contributed by atoms with Crippen LogP contribution in [0.4, 0.5) is 20.2 Å². The zero-order chi connectivity index (χ0) is 33.1. The van der Waals surface area contributed by atoms with Gasteiger partial charge in [-0.25, -0.2) is 8.78 Å². The molecular weight excluding hydrogens is 602 g/mol. The predicted molar refractivity (Wildman–Crippen MR) is 190 cm³/mol. The number of hydrogen-bond donors (Lipinski definition) is 2. The fraction of sp³-hybridized carbons (Fsp3) is 0.429. The monoisotopic (exact) mass is 650 g/mol. The third kappa shape index (κ3) is 6.51. The van der Waals surface area contributed by atoms with Gasteiger partial charge in [-0.1, -0.05) is 94.2 Å². The van der Waals surface area contributed by atoms with Gasteiger partial charge >= 0.3 is 0 Å². The molecule has 0 spiro atoms. The molecule has 0 bridgehead atoms. The first-order valence-electron chi connectivity index (χ1n) is 18.2. The molecule has 3 fully saturated rings. The lowest BCUT2D eigenvalue weighted by Gasteiger charge is -2.40. The third-order valence-corrected chi connectivity index (χ3v) is 11.3. The minimum Gasteiger partial charge on any atom is -0.454 e. The Morgan fingerprint density at radius 2 is 0.917 bits per heavy atom. The molecule has 48 heavy (non-hydrogen) atoms. The van der Waals surface area contributed by atoms with Crippen LogP contribution in [0, 0.1) is 11.6 Å². The molecule has 0 saturated heterocycles. The van der Waals surface area contributed by atoms with Gasteiger partial charge in [0, 0.05) is 5.41 Å². The van der Waals surface area contributed by atoms with Crippen molar-refractivity contribution in [1.82, 2.24) is 0 Å². The second-order valence-corrected chi connectivity index (χ2v) is 14.3. The van der Waals surface area contributed by atoms with Crippen molar-refractivity contribution in [3.05, 3.63) is 107 Å². The minimum absolute atomic E-state index is 0.0872. The van der Waals surface area contributed by atoms with E-state index in [2.05, 4.69) is 36.4 Å². The van der Waals surface area contributed by atoms with Crippen LogP contribution >= 0.6 is 0 Å². The van der Waals surface area contributed by atoms with Crippen LogP contribution in [0.3, 0.4) is 0 Å². The fourth-order valence-corrected chi connectivity index (χ4v) is 8.69. The summed E-state index contributed by atoms with van der Waals surface area (Å²) in [6.45, 7) is 0. The normalized spacial score (nSPS) is 18.8. The smallest absolute Gasteiger partial charge is 0.188 e. The second-order valence-electron chi connectivity index (χ2n) is 14.3. The van der Waals surface area contributed by atoms with E-state index in [0.717, 1.165) is 62.9 Å². The van der Waals surface area contributed by atoms with E-state index in [1.54, 1.807) is 36.4 Å². The number of nitrogens with two attached hydrogens (primary N) is 2. The number of halogens is 2. The first-order valence-corrected chi connectivity index (χ1v) is 18.2. The van der Waals surface area contributed by atoms with Gasteiger partial charge in [0.1, 0.15) is 11.5 Å². The SMILES string of the molecule is Nc1cccc(Oc2ccc(C3(c4ccc(Oc5cccc(N)c5F)c(C5CCCCC5)c4)CCCCC3)cc2C2CCCCC2)c1F. The van der Waals surface area contributed by atoms with Gasteiger partial charge in [0.25, 0.3) is 0 Å². The third-order valence-electron chi connectivity index (χ3n) is 11.3. The highest BCUT2D eigenvalue weighted by molar-refractivity contribution is 5.54. The summed E-state index contributed by atoms with van der Waals surface area (Å²) in [5.41, 5.74) is 16.7. The number of rotatable bonds is 8. The summed E-state index contributed by atoms with van der Waals surface area (Å²) in [4.78, 5) is 0. The maximum absolute atomic E-state index is 15.0. The molecule has 0 aromatic heterocycles. The van der Waals surface area contributed by atoms with E-state index < -0.39 is 11.6 Å². The molecule has 6 heteroatoms. The van der Waals surface area contributed by atoms with Crippen molar-refractivity contribution in [1.29, 1.82) is 0 Å². The highest BCUT2D eigenvalue weighted by atomic mass is 19.1. The van der Waals surface area contributed by atoms with E-state index in [-0.39, 0.29) is 28.3 Å². The maximum Gasteiger partial charge on any atom is 0.188 e. The van der Waals surface area contributed by atoms with Gasteiger partial charge < -0.3 is 20.9 Å². The molecule has 0 unspecified atom stereocenters. The largest absolute Gasteiger partial charge is 0.454 e. The van der Waals surface area contributed by atoms with E-state index in [4.69, 9.17) is 20.9 Å². The molecule has 0 heterocycles. The Balaban J connectivity index is 1.32. The summed E-state index contributed by atoms with van der Waals surface area (Å²) < 4.78 is 42.7. The van der Waals surface area contributed by atoms with Gasteiger partial charge in [-0.15, -0.1) is 0 Å². The van der Waals surface area contributed by atoms with Crippen LogP contribution in [0.2, 0.25) is 0 Å². The number of benzene rings is 4. The Morgan fingerprint density at radius 3 is 1.35 bits per heavy atom. The molecule has 3 aliphatic rings. The Bertz CT molecular complexity index is 1620. The number of ether oxygens (including phenoxy) is 2. The van der Waals surface area contributed by atoms with Crippen molar-refractivity contribution >= 4 is 11.4 Å². The lowest BCUT2D eigenvalue weighted by atomic mass is 9.64. The molecule has 4 nitrogen and oxygen atoms in total. The van der Waals surface area contributed by atoms with E-state index in [1.165, 1.54) is 67.2 Å². The second kappa shape index (κ2) is 14.2. The van der Waals surface area contributed by atoms with Gasteiger partial charge in [-0.05, 0) is 109 Å². The summed E-state index contributed by atoms with van der Waals surface area (Å²) in [7, 11) is 0. The summed E-state index contributed by atoms with van der Waals surface area (Å²) in [5.74, 6) is 1.45. The van der Waals surface area contributed by atoms with Gasteiger partial charge in [-0.3, -0.25) is 0 Å². The minimum atomic E-state index is -0.518. The molecule has 7 rings (SSSR count). The molecule has 4 aromatic rings. The predicted octanol–water partition coefficient (Wildman–Crippen LogP) is 12.1. The zero-order valence-electron chi connectivity index (χ0n) is 27.9. The standard InChI is InChI=1S/C42H48F2N2O2/c43-40-34(45)16-10-18-38(40)47-36-22-20-30(26-32(36)28-12-4-1-5-13-28)42(24-8-3-9-25-42)31-21-23-37(33(27-31)29-14-6-2-7-15-29)48-39-19-11-17-35(46)41(39)44/h10-11,16-23,26-29H,1-9,12-15,24-25,45-46H2. The molecule has 0 amide bonds. The highest BCUT2D eigenvalue weighted by Gasteiger charge is 2.38. The summed E-state index contributed by atoms with van der Waals surface area (Å²) in [5, 5.41) is 0. The molecule has 3 saturated carbocycles. The van der Waals surface area contributed by atoms with E-state index in [9.17, 15) is 0 Å².